The lowest BCUT2D eigenvalue weighted by Gasteiger charge is -2.27. The zero-order chi connectivity index (χ0) is 22.3. The number of carbonyl (C=O) groups is 2. The van der Waals surface area contributed by atoms with Gasteiger partial charge in [0.05, 0.1) is 34.3 Å². The maximum atomic E-state index is 13.5. The molecular weight excluding hydrogens is 416 g/mol. The largest absolute Gasteiger partial charge is 0.508 e. The number of carbonyl (C=O) groups excluding carboxylic acids is 2. The molecule has 0 bridgehead atoms. The van der Waals surface area contributed by atoms with E-state index in [0.29, 0.717) is 32.6 Å². The Morgan fingerprint density at radius 1 is 1.13 bits per heavy atom. The summed E-state index contributed by atoms with van der Waals surface area (Å²) in [7, 11) is 1.54. The van der Waals surface area contributed by atoms with Crippen LogP contribution in [-0.2, 0) is 4.79 Å². The summed E-state index contributed by atoms with van der Waals surface area (Å²) in [6, 6.07) is 12.1. The van der Waals surface area contributed by atoms with Crippen molar-refractivity contribution in [1.82, 2.24) is 4.98 Å². The maximum Gasteiger partial charge on any atom is 0.294 e. The highest BCUT2D eigenvalue weighted by molar-refractivity contribution is 7.14. The topological polar surface area (TPSA) is 100.0 Å². The number of amides is 1. The summed E-state index contributed by atoms with van der Waals surface area (Å²) in [5.41, 5.74) is 1.47. The van der Waals surface area contributed by atoms with Crippen LogP contribution in [0.25, 0.3) is 0 Å². The highest BCUT2D eigenvalue weighted by atomic mass is 32.1. The number of aliphatic hydroxyl groups excluding tert-OH is 1. The van der Waals surface area contributed by atoms with Crippen LogP contribution in [0.3, 0.4) is 0 Å². The zero-order valence-corrected chi connectivity index (χ0v) is 17.9. The summed E-state index contributed by atoms with van der Waals surface area (Å²) in [6.45, 7) is 3.51. The van der Waals surface area contributed by atoms with Gasteiger partial charge in [-0.05, 0) is 55.8 Å². The first-order valence-electron chi connectivity index (χ1n) is 9.50. The molecule has 2 aromatic carbocycles. The number of thiazole rings is 1. The van der Waals surface area contributed by atoms with Gasteiger partial charge in [-0.1, -0.05) is 12.1 Å². The van der Waals surface area contributed by atoms with E-state index in [1.807, 2.05) is 0 Å². The van der Waals surface area contributed by atoms with Gasteiger partial charge in [-0.3, -0.25) is 14.5 Å². The van der Waals surface area contributed by atoms with E-state index in [4.69, 9.17) is 4.74 Å². The van der Waals surface area contributed by atoms with Crippen LogP contribution in [0.15, 0.2) is 59.9 Å². The zero-order valence-electron chi connectivity index (χ0n) is 17.1. The van der Waals surface area contributed by atoms with E-state index in [1.165, 1.54) is 35.5 Å². The minimum atomic E-state index is -0.915. The lowest BCUT2D eigenvalue weighted by Crippen LogP contribution is -2.31. The van der Waals surface area contributed by atoms with Crippen LogP contribution < -0.4 is 9.64 Å². The van der Waals surface area contributed by atoms with Crippen molar-refractivity contribution in [2.75, 3.05) is 12.0 Å². The van der Waals surface area contributed by atoms with Gasteiger partial charge in [-0.15, -0.1) is 11.3 Å². The fourth-order valence-electron chi connectivity index (χ4n) is 3.72. The molecule has 2 heterocycles. The van der Waals surface area contributed by atoms with Crippen LogP contribution in [0.1, 0.15) is 32.0 Å². The SMILES string of the molecule is COc1ccc(N2C(=O)C(O)=C(C(=O)c3sc(C)nc3C)C2c2cccc(O)c2)cc1. The number of aromatic hydroxyl groups is 1. The van der Waals surface area contributed by atoms with E-state index in [2.05, 4.69) is 4.98 Å². The number of methoxy groups -OCH3 is 1. The van der Waals surface area contributed by atoms with E-state index in [0.717, 1.165) is 0 Å². The molecule has 31 heavy (non-hydrogen) atoms. The summed E-state index contributed by atoms with van der Waals surface area (Å²) in [4.78, 5) is 32.6. The van der Waals surface area contributed by atoms with Crippen LogP contribution in [0.5, 0.6) is 11.5 Å². The molecule has 0 aliphatic carbocycles. The Morgan fingerprint density at radius 3 is 2.42 bits per heavy atom. The minimum Gasteiger partial charge on any atom is -0.508 e. The van der Waals surface area contributed by atoms with Gasteiger partial charge in [0, 0.05) is 5.69 Å². The second kappa shape index (κ2) is 7.88. The third-order valence-electron chi connectivity index (χ3n) is 5.10. The van der Waals surface area contributed by atoms with Crippen LogP contribution in [0.2, 0.25) is 0 Å². The first kappa shape index (κ1) is 20.6. The molecule has 0 saturated carbocycles. The Labute approximate surface area is 182 Å². The first-order valence-corrected chi connectivity index (χ1v) is 10.3. The number of rotatable bonds is 5. The maximum absolute atomic E-state index is 13.5. The minimum absolute atomic E-state index is 0.0115. The van der Waals surface area contributed by atoms with Crippen molar-refractivity contribution in [3.05, 3.63) is 81.0 Å². The van der Waals surface area contributed by atoms with Gasteiger partial charge in [-0.2, -0.15) is 0 Å². The number of Topliss-reactive ketones (excluding diaryl/α,β-unsaturated/α-hetero) is 1. The van der Waals surface area contributed by atoms with E-state index < -0.39 is 23.5 Å². The van der Waals surface area contributed by atoms with E-state index in [-0.39, 0.29) is 11.3 Å². The number of aliphatic hydroxyl groups is 1. The van der Waals surface area contributed by atoms with Crippen LogP contribution in [0.4, 0.5) is 5.69 Å². The molecule has 0 spiro atoms. The number of hydrogen-bond donors (Lipinski definition) is 2. The molecule has 158 valence electrons. The molecule has 1 aliphatic heterocycles. The molecular formula is C23H20N2O5S. The molecule has 4 rings (SSSR count). The fraction of sp³-hybridized carbons (Fsp3) is 0.174. The van der Waals surface area contributed by atoms with Crippen molar-refractivity contribution in [3.8, 4) is 11.5 Å². The highest BCUT2D eigenvalue weighted by Crippen LogP contribution is 2.43. The molecule has 3 aromatic rings. The number of nitrogens with zero attached hydrogens (tertiary/aromatic N) is 2. The molecule has 8 heteroatoms. The number of aromatic nitrogens is 1. The summed E-state index contributed by atoms with van der Waals surface area (Å²) in [6.07, 6.45) is 0. The Morgan fingerprint density at radius 2 is 1.84 bits per heavy atom. The number of hydrogen-bond acceptors (Lipinski definition) is 7. The molecule has 1 aliphatic rings. The van der Waals surface area contributed by atoms with Crippen LogP contribution in [-0.4, -0.2) is 34.0 Å². The Kier molecular flexibility index (Phi) is 5.24. The smallest absolute Gasteiger partial charge is 0.294 e. The van der Waals surface area contributed by atoms with Gasteiger partial charge >= 0.3 is 0 Å². The first-order chi connectivity index (χ1) is 14.8. The van der Waals surface area contributed by atoms with Crippen molar-refractivity contribution < 1.29 is 24.5 Å². The van der Waals surface area contributed by atoms with Crippen molar-refractivity contribution >= 4 is 28.7 Å². The number of aryl methyl sites for hydroxylation is 2. The third-order valence-corrected chi connectivity index (χ3v) is 6.17. The van der Waals surface area contributed by atoms with Gasteiger partial charge in [-0.25, -0.2) is 4.98 Å². The van der Waals surface area contributed by atoms with E-state index >= 15 is 0 Å². The molecule has 1 unspecified atom stereocenters. The number of benzene rings is 2. The number of ketones is 1. The molecule has 1 aromatic heterocycles. The average Bonchev–Trinajstić information content (AvgIpc) is 3.23. The summed E-state index contributed by atoms with van der Waals surface area (Å²) < 4.78 is 5.18. The number of ether oxygens (including phenoxy) is 1. The normalized spacial score (nSPS) is 16.2. The Bertz CT molecular complexity index is 1210. The van der Waals surface area contributed by atoms with Gasteiger partial charge < -0.3 is 14.9 Å². The Hall–Kier alpha value is -3.65. The standard InChI is InChI=1S/C23H20N2O5S/c1-12-22(31-13(2)24-12)20(27)18-19(14-5-4-6-16(26)11-14)25(23(29)21(18)28)15-7-9-17(30-3)10-8-15/h4-11,19,26,28H,1-3H3. The van der Waals surface area contributed by atoms with E-state index in [9.17, 15) is 19.8 Å². The van der Waals surface area contributed by atoms with Gasteiger partial charge in [0.2, 0.25) is 5.78 Å². The Balaban J connectivity index is 1.88. The summed E-state index contributed by atoms with van der Waals surface area (Å²) >= 11 is 1.21. The van der Waals surface area contributed by atoms with Crippen LogP contribution in [0, 0.1) is 13.8 Å². The van der Waals surface area contributed by atoms with Crippen molar-refractivity contribution in [1.29, 1.82) is 0 Å². The summed E-state index contributed by atoms with van der Waals surface area (Å²) in [5, 5.41) is 21.5. The third kappa shape index (κ3) is 3.55. The number of phenolic OH excluding ortho intramolecular Hbond substituents is 1. The second-order valence-corrected chi connectivity index (χ2v) is 8.31. The summed E-state index contributed by atoms with van der Waals surface area (Å²) in [5.74, 6) is -1.17. The quantitative estimate of drug-likeness (QED) is 0.580. The lowest BCUT2D eigenvalue weighted by atomic mass is 9.94. The van der Waals surface area contributed by atoms with Gasteiger partial charge in [0.1, 0.15) is 11.5 Å². The van der Waals surface area contributed by atoms with Gasteiger partial charge in [0.25, 0.3) is 5.91 Å². The number of phenols is 1. The molecule has 0 fully saturated rings. The monoisotopic (exact) mass is 436 g/mol. The molecule has 2 N–H and O–H groups in total. The predicted molar refractivity (Wildman–Crippen MR) is 117 cm³/mol. The highest BCUT2D eigenvalue weighted by Gasteiger charge is 2.45. The van der Waals surface area contributed by atoms with Gasteiger partial charge in [0.15, 0.2) is 5.76 Å². The van der Waals surface area contributed by atoms with Crippen molar-refractivity contribution in [2.45, 2.75) is 19.9 Å². The van der Waals surface area contributed by atoms with Crippen LogP contribution >= 0.6 is 11.3 Å². The molecule has 0 radical (unpaired) electrons. The van der Waals surface area contributed by atoms with Crippen molar-refractivity contribution in [3.63, 3.8) is 0 Å². The second-order valence-electron chi connectivity index (χ2n) is 7.11. The molecule has 1 amide bonds. The molecule has 7 nitrogen and oxygen atoms in total. The average molecular weight is 436 g/mol. The fourth-order valence-corrected chi connectivity index (χ4v) is 4.59. The number of anilines is 1. The van der Waals surface area contributed by atoms with E-state index in [1.54, 1.807) is 50.2 Å². The predicted octanol–water partition coefficient (Wildman–Crippen LogP) is 4.26. The van der Waals surface area contributed by atoms with Crippen molar-refractivity contribution in [2.24, 2.45) is 0 Å². The molecule has 1 atom stereocenters. The molecule has 0 saturated heterocycles. The lowest BCUT2D eigenvalue weighted by molar-refractivity contribution is -0.117.